The highest BCUT2D eigenvalue weighted by Gasteiger charge is 2.40. The van der Waals surface area contributed by atoms with Crippen LogP contribution in [0.25, 0.3) is 0 Å². The fourth-order valence-corrected chi connectivity index (χ4v) is 4.04. The zero-order valence-corrected chi connectivity index (χ0v) is 14.6. The minimum Gasteiger partial charge on any atom is -0.484 e. The molecule has 1 aromatic carbocycles. The summed E-state index contributed by atoms with van der Waals surface area (Å²) in [4.78, 5) is 24.0. The lowest BCUT2D eigenvalue weighted by Gasteiger charge is -2.43. The molecule has 6 heteroatoms. The van der Waals surface area contributed by atoms with E-state index in [0.29, 0.717) is 24.7 Å². The molecule has 2 N–H and O–H groups in total. The van der Waals surface area contributed by atoms with Gasteiger partial charge in [-0.3, -0.25) is 9.59 Å². The summed E-state index contributed by atoms with van der Waals surface area (Å²) in [6.07, 6.45) is 3.22. The maximum atomic E-state index is 12.1. The van der Waals surface area contributed by atoms with Crippen molar-refractivity contribution < 1.29 is 19.1 Å². The maximum absolute atomic E-state index is 12.1. The lowest BCUT2D eigenvalue weighted by molar-refractivity contribution is -0.128. The Hall–Kier alpha value is -2.08. The van der Waals surface area contributed by atoms with Crippen LogP contribution in [0.5, 0.6) is 5.75 Å². The number of hydrogen-bond acceptors (Lipinski definition) is 4. The normalized spacial score (nSPS) is 28.6. The van der Waals surface area contributed by atoms with E-state index in [9.17, 15) is 9.59 Å². The van der Waals surface area contributed by atoms with Crippen LogP contribution in [0.1, 0.15) is 25.7 Å². The zero-order valence-electron chi connectivity index (χ0n) is 14.6. The van der Waals surface area contributed by atoms with Gasteiger partial charge in [0.15, 0.2) is 6.61 Å². The van der Waals surface area contributed by atoms with Crippen LogP contribution in [0.2, 0.25) is 0 Å². The Morgan fingerprint density at radius 1 is 1.28 bits per heavy atom. The quantitative estimate of drug-likeness (QED) is 0.818. The molecule has 1 aliphatic carbocycles. The molecule has 0 spiro atoms. The van der Waals surface area contributed by atoms with Gasteiger partial charge in [-0.1, -0.05) is 18.2 Å². The number of hydrogen-bond donors (Lipinski definition) is 2. The summed E-state index contributed by atoms with van der Waals surface area (Å²) in [7, 11) is 1.68. The molecule has 3 rings (SSSR count). The molecule has 136 valence electrons. The monoisotopic (exact) mass is 346 g/mol. The second kappa shape index (κ2) is 8.34. The van der Waals surface area contributed by atoms with Crippen LogP contribution in [0.15, 0.2) is 30.3 Å². The summed E-state index contributed by atoms with van der Waals surface area (Å²) in [6.45, 7) is 0.629. The van der Waals surface area contributed by atoms with E-state index in [2.05, 4.69) is 10.6 Å². The average Bonchev–Trinajstić information content (AvgIpc) is 2.61. The number of amides is 2. The summed E-state index contributed by atoms with van der Waals surface area (Å²) in [5, 5.41) is 6.13. The lowest BCUT2D eigenvalue weighted by Crippen LogP contribution is -2.56. The third kappa shape index (κ3) is 4.72. The molecule has 1 aromatic rings. The summed E-state index contributed by atoms with van der Waals surface area (Å²) >= 11 is 0. The fourth-order valence-electron chi connectivity index (χ4n) is 4.04. The van der Waals surface area contributed by atoms with E-state index in [1.54, 1.807) is 7.11 Å². The van der Waals surface area contributed by atoms with E-state index in [1.165, 1.54) is 0 Å². The number of methoxy groups -OCH3 is 1. The number of para-hydroxylation sites is 1. The molecule has 1 saturated carbocycles. The van der Waals surface area contributed by atoms with Crippen molar-refractivity contribution in [2.24, 2.45) is 11.8 Å². The predicted octanol–water partition coefficient (Wildman–Crippen LogP) is 1.50. The molecule has 6 nitrogen and oxygen atoms in total. The first kappa shape index (κ1) is 17.7. The van der Waals surface area contributed by atoms with Crippen LogP contribution in [-0.4, -0.2) is 44.2 Å². The van der Waals surface area contributed by atoms with Gasteiger partial charge in [-0.05, 0) is 43.2 Å². The Bertz CT molecular complexity index is 592. The van der Waals surface area contributed by atoms with Crippen molar-refractivity contribution in [3.05, 3.63) is 30.3 Å². The number of fused-ring (bicyclic) bond motifs is 1. The first-order valence-electron chi connectivity index (χ1n) is 8.91. The standard InChI is InChI=1S/C19H26N2O4/c1-24-11-13-9-18(22)21-17-10-14(7-8-16(13)17)20-19(23)12-25-15-5-3-2-4-6-15/h2-6,13-14,16-17H,7-12H2,1H3,(H,20,23)(H,21,22). The highest BCUT2D eigenvalue weighted by Crippen LogP contribution is 2.35. The Labute approximate surface area is 148 Å². The molecule has 1 heterocycles. The number of rotatable bonds is 6. The van der Waals surface area contributed by atoms with Crippen molar-refractivity contribution in [2.45, 2.75) is 37.8 Å². The molecular weight excluding hydrogens is 320 g/mol. The minimum absolute atomic E-state index is 0.00721. The van der Waals surface area contributed by atoms with Crippen molar-refractivity contribution in [1.29, 1.82) is 0 Å². The third-order valence-corrected chi connectivity index (χ3v) is 5.16. The van der Waals surface area contributed by atoms with Gasteiger partial charge in [0.1, 0.15) is 5.75 Å². The van der Waals surface area contributed by atoms with Crippen molar-refractivity contribution in [3.8, 4) is 5.75 Å². The zero-order chi connectivity index (χ0) is 17.6. The van der Waals surface area contributed by atoms with Gasteiger partial charge in [0, 0.05) is 32.2 Å². The largest absolute Gasteiger partial charge is 0.484 e. The third-order valence-electron chi connectivity index (χ3n) is 5.16. The number of benzene rings is 1. The Kier molecular flexibility index (Phi) is 5.91. The number of carbonyl (C=O) groups is 2. The topological polar surface area (TPSA) is 76.7 Å². The number of carbonyl (C=O) groups excluding carboxylic acids is 2. The first-order valence-corrected chi connectivity index (χ1v) is 8.91. The summed E-state index contributed by atoms with van der Waals surface area (Å²) < 4.78 is 10.8. The molecule has 4 atom stereocenters. The van der Waals surface area contributed by atoms with Gasteiger partial charge in [0.2, 0.25) is 5.91 Å². The SMILES string of the molecule is COCC1CC(=O)NC2CC(NC(=O)COc3ccccc3)CCC12. The number of nitrogens with one attached hydrogen (secondary N) is 2. The summed E-state index contributed by atoms with van der Waals surface area (Å²) in [5.74, 6) is 1.36. The Morgan fingerprint density at radius 3 is 2.84 bits per heavy atom. The number of piperidine rings is 1. The van der Waals surface area contributed by atoms with E-state index in [0.717, 1.165) is 19.3 Å². The van der Waals surface area contributed by atoms with Gasteiger partial charge in [-0.2, -0.15) is 0 Å². The van der Waals surface area contributed by atoms with Crippen LogP contribution in [-0.2, 0) is 14.3 Å². The van der Waals surface area contributed by atoms with E-state index in [-0.39, 0.29) is 36.4 Å². The van der Waals surface area contributed by atoms with Crippen molar-refractivity contribution in [1.82, 2.24) is 10.6 Å². The van der Waals surface area contributed by atoms with Gasteiger partial charge in [0.05, 0.1) is 0 Å². The van der Waals surface area contributed by atoms with Crippen LogP contribution in [0.4, 0.5) is 0 Å². The van der Waals surface area contributed by atoms with E-state index < -0.39 is 0 Å². The summed E-state index contributed by atoms with van der Waals surface area (Å²) in [6, 6.07) is 9.50. The molecule has 0 bridgehead atoms. The highest BCUT2D eigenvalue weighted by molar-refractivity contribution is 5.78. The Balaban J connectivity index is 1.48. The van der Waals surface area contributed by atoms with Crippen molar-refractivity contribution >= 4 is 11.8 Å². The molecule has 1 aliphatic heterocycles. The lowest BCUT2D eigenvalue weighted by atomic mass is 9.71. The van der Waals surface area contributed by atoms with Gasteiger partial charge < -0.3 is 20.1 Å². The molecule has 25 heavy (non-hydrogen) atoms. The average molecular weight is 346 g/mol. The van der Waals surface area contributed by atoms with Crippen LogP contribution in [0, 0.1) is 11.8 Å². The van der Waals surface area contributed by atoms with E-state index in [1.807, 2.05) is 30.3 Å². The molecule has 2 fully saturated rings. The highest BCUT2D eigenvalue weighted by atomic mass is 16.5. The van der Waals surface area contributed by atoms with Gasteiger partial charge in [-0.25, -0.2) is 0 Å². The van der Waals surface area contributed by atoms with Gasteiger partial charge in [-0.15, -0.1) is 0 Å². The molecule has 4 unspecified atom stereocenters. The second-order valence-electron chi connectivity index (χ2n) is 6.94. The second-order valence-corrected chi connectivity index (χ2v) is 6.94. The maximum Gasteiger partial charge on any atom is 0.258 e. The molecule has 1 saturated heterocycles. The predicted molar refractivity (Wildman–Crippen MR) is 93.1 cm³/mol. The molecule has 2 amide bonds. The van der Waals surface area contributed by atoms with Crippen LogP contribution in [0.3, 0.4) is 0 Å². The Morgan fingerprint density at radius 2 is 2.08 bits per heavy atom. The van der Waals surface area contributed by atoms with Crippen molar-refractivity contribution in [2.75, 3.05) is 20.3 Å². The van der Waals surface area contributed by atoms with E-state index >= 15 is 0 Å². The molecule has 2 aliphatic rings. The minimum atomic E-state index is -0.122. The van der Waals surface area contributed by atoms with Crippen LogP contribution < -0.4 is 15.4 Å². The van der Waals surface area contributed by atoms with Gasteiger partial charge in [0.25, 0.3) is 5.91 Å². The fraction of sp³-hybridized carbons (Fsp3) is 0.579. The number of ether oxygens (including phenoxy) is 2. The molecule has 0 aromatic heterocycles. The first-order chi connectivity index (χ1) is 12.2. The van der Waals surface area contributed by atoms with Crippen molar-refractivity contribution in [3.63, 3.8) is 0 Å². The van der Waals surface area contributed by atoms with Gasteiger partial charge >= 0.3 is 0 Å². The van der Waals surface area contributed by atoms with Crippen LogP contribution >= 0.6 is 0 Å². The molecule has 0 radical (unpaired) electrons. The molecular formula is C19H26N2O4. The smallest absolute Gasteiger partial charge is 0.258 e. The summed E-state index contributed by atoms with van der Waals surface area (Å²) in [5.41, 5.74) is 0. The van der Waals surface area contributed by atoms with E-state index in [4.69, 9.17) is 9.47 Å².